The number of nitrogens with zero attached hydrogens (tertiary/aromatic N) is 2. The van der Waals surface area contributed by atoms with E-state index in [4.69, 9.17) is 0 Å². The zero-order chi connectivity index (χ0) is 14.8. The minimum Gasteiger partial charge on any atom is -0.271 e. The summed E-state index contributed by atoms with van der Waals surface area (Å²) in [5.74, 6) is 0.0272. The minimum atomic E-state index is -0.278. The van der Waals surface area contributed by atoms with Gasteiger partial charge >= 0.3 is 0 Å². The smallest absolute Gasteiger partial charge is 0.262 e. The van der Waals surface area contributed by atoms with E-state index in [1.165, 1.54) is 10.6 Å². The van der Waals surface area contributed by atoms with Gasteiger partial charge in [-0.2, -0.15) is 5.10 Å². The molecule has 1 amide bonds. The normalized spacial score (nSPS) is 18.0. The van der Waals surface area contributed by atoms with Gasteiger partial charge in [-0.05, 0) is 24.6 Å². The second kappa shape index (κ2) is 5.74. The number of thioether (sulfide) groups is 1. The first kappa shape index (κ1) is 13.9. The first-order valence-corrected chi connectivity index (χ1v) is 7.68. The number of rotatable bonds is 3. The van der Waals surface area contributed by atoms with Crippen molar-refractivity contribution in [3.05, 3.63) is 65.7 Å². The summed E-state index contributed by atoms with van der Waals surface area (Å²) in [5, 5.41) is 5.58. The van der Waals surface area contributed by atoms with Crippen molar-refractivity contribution >= 4 is 23.4 Å². The molecule has 21 heavy (non-hydrogen) atoms. The van der Waals surface area contributed by atoms with Crippen molar-refractivity contribution in [2.45, 2.75) is 17.1 Å². The third-order valence-corrected chi connectivity index (χ3v) is 4.60. The second-order valence-electron chi connectivity index (χ2n) is 5.02. The van der Waals surface area contributed by atoms with Crippen molar-refractivity contribution in [2.75, 3.05) is 7.05 Å². The first-order chi connectivity index (χ1) is 10.1. The Morgan fingerprint density at radius 1 is 1.05 bits per heavy atom. The van der Waals surface area contributed by atoms with E-state index in [2.05, 4.69) is 24.2 Å². The summed E-state index contributed by atoms with van der Waals surface area (Å²) in [5.41, 5.74) is 3.04. The summed E-state index contributed by atoms with van der Waals surface area (Å²) in [6.07, 6.45) is 0. The minimum absolute atomic E-state index is 0.0272. The summed E-state index contributed by atoms with van der Waals surface area (Å²) >= 11 is 1.55. The van der Waals surface area contributed by atoms with Crippen molar-refractivity contribution in [1.82, 2.24) is 5.01 Å². The van der Waals surface area contributed by atoms with E-state index in [1.54, 1.807) is 18.8 Å². The zero-order valence-corrected chi connectivity index (χ0v) is 12.8. The molecule has 3 rings (SSSR count). The molecule has 0 aromatic heterocycles. The number of aryl methyl sites for hydroxylation is 1. The van der Waals surface area contributed by atoms with Crippen LogP contribution < -0.4 is 0 Å². The van der Waals surface area contributed by atoms with Crippen LogP contribution >= 0.6 is 11.8 Å². The molecule has 0 bridgehead atoms. The molecule has 3 nitrogen and oxygen atoms in total. The van der Waals surface area contributed by atoms with Crippen molar-refractivity contribution < 1.29 is 4.79 Å². The van der Waals surface area contributed by atoms with Crippen molar-refractivity contribution in [3.8, 4) is 0 Å². The van der Waals surface area contributed by atoms with Crippen LogP contribution in [0, 0.1) is 6.92 Å². The van der Waals surface area contributed by atoms with Crippen molar-refractivity contribution in [2.24, 2.45) is 5.10 Å². The average molecular weight is 296 g/mol. The van der Waals surface area contributed by atoms with Gasteiger partial charge in [0.15, 0.2) is 0 Å². The number of carbonyl (C=O) groups excluding carboxylic acids is 1. The van der Waals surface area contributed by atoms with E-state index in [0.29, 0.717) is 0 Å². The molecule has 1 heterocycles. The number of carbonyl (C=O) groups is 1. The van der Waals surface area contributed by atoms with Gasteiger partial charge in [-0.1, -0.05) is 48.0 Å². The van der Waals surface area contributed by atoms with E-state index in [9.17, 15) is 4.79 Å². The molecule has 0 N–H and O–H groups in total. The van der Waals surface area contributed by atoms with Crippen molar-refractivity contribution in [1.29, 1.82) is 0 Å². The average Bonchev–Trinajstić information content (AvgIpc) is 2.79. The lowest BCUT2D eigenvalue weighted by Gasteiger charge is -2.11. The van der Waals surface area contributed by atoms with Crippen LogP contribution in [0.15, 0.2) is 64.6 Å². The van der Waals surface area contributed by atoms with Gasteiger partial charge in [-0.25, -0.2) is 5.01 Å². The van der Waals surface area contributed by atoms with Crippen LogP contribution in [0.25, 0.3) is 0 Å². The lowest BCUT2D eigenvalue weighted by Crippen LogP contribution is -2.27. The molecule has 4 heteroatoms. The largest absolute Gasteiger partial charge is 0.271 e. The number of hydrogen-bond donors (Lipinski definition) is 0. The summed E-state index contributed by atoms with van der Waals surface area (Å²) in [7, 11) is 1.71. The lowest BCUT2D eigenvalue weighted by molar-refractivity contribution is -0.126. The molecular formula is C17H16N2OS. The molecule has 2 aromatic carbocycles. The third kappa shape index (κ3) is 2.85. The Morgan fingerprint density at radius 3 is 2.38 bits per heavy atom. The molecule has 106 valence electrons. The van der Waals surface area contributed by atoms with Crippen LogP contribution in [-0.4, -0.2) is 28.9 Å². The van der Waals surface area contributed by atoms with Crippen LogP contribution in [0.2, 0.25) is 0 Å². The number of amides is 1. The Bertz CT molecular complexity index is 680. The van der Waals surface area contributed by atoms with Crippen LogP contribution in [0.3, 0.4) is 0 Å². The maximum atomic E-state index is 12.4. The molecule has 2 aromatic rings. The predicted octanol–water partition coefficient (Wildman–Crippen LogP) is 3.33. The molecule has 0 saturated carbocycles. The Labute approximate surface area is 128 Å². The van der Waals surface area contributed by atoms with Crippen LogP contribution in [0.4, 0.5) is 0 Å². The van der Waals surface area contributed by atoms with Crippen LogP contribution in [0.1, 0.15) is 11.1 Å². The van der Waals surface area contributed by atoms with E-state index >= 15 is 0 Å². The van der Waals surface area contributed by atoms with E-state index in [-0.39, 0.29) is 11.2 Å². The fraction of sp³-hybridized carbons (Fsp3) is 0.176. The summed E-state index contributed by atoms with van der Waals surface area (Å²) in [6, 6.07) is 18.1. The highest BCUT2D eigenvalue weighted by molar-refractivity contribution is 8.01. The topological polar surface area (TPSA) is 32.7 Å². The third-order valence-electron chi connectivity index (χ3n) is 3.39. The molecule has 0 radical (unpaired) electrons. The van der Waals surface area contributed by atoms with Gasteiger partial charge in [-0.3, -0.25) is 4.79 Å². The molecule has 0 aliphatic carbocycles. The van der Waals surface area contributed by atoms with Crippen LogP contribution in [0.5, 0.6) is 0 Å². The maximum absolute atomic E-state index is 12.4. The molecular weight excluding hydrogens is 280 g/mol. The fourth-order valence-corrected chi connectivity index (χ4v) is 3.34. The van der Waals surface area contributed by atoms with Gasteiger partial charge in [-0.15, -0.1) is 11.8 Å². The van der Waals surface area contributed by atoms with Crippen LogP contribution in [-0.2, 0) is 4.79 Å². The highest BCUT2D eigenvalue weighted by Crippen LogP contribution is 2.31. The highest BCUT2D eigenvalue weighted by atomic mass is 32.2. The quantitative estimate of drug-likeness (QED) is 0.870. The van der Waals surface area contributed by atoms with E-state index in [0.717, 1.165) is 16.2 Å². The van der Waals surface area contributed by atoms with Crippen molar-refractivity contribution in [3.63, 3.8) is 0 Å². The number of benzene rings is 2. The lowest BCUT2D eigenvalue weighted by atomic mass is 10.1. The van der Waals surface area contributed by atoms with Gasteiger partial charge in [0.2, 0.25) is 0 Å². The fourth-order valence-electron chi connectivity index (χ4n) is 2.23. The zero-order valence-electron chi connectivity index (χ0n) is 12.0. The molecule has 1 unspecified atom stereocenters. The molecule has 0 fully saturated rings. The van der Waals surface area contributed by atoms with E-state index in [1.807, 2.05) is 42.5 Å². The van der Waals surface area contributed by atoms with Gasteiger partial charge in [0.1, 0.15) is 5.25 Å². The first-order valence-electron chi connectivity index (χ1n) is 6.80. The Balaban J connectivity index is 1.90. The standard InChI is InChI=1S/C17H16N2OS/c1-12-8-10-14(11-9-12)21-16-15(18-19(2)17(16)20)13-6-4-3-5-7-13/h3-11,16H,1-2H3. The predicted molar refractivity (Wildman–Crippen MR) is 86.6 cm³/mol. The van der Waals surface area contributed by atoms with Gasteiger partial charge in [0.05, 0.1) is 5.71 Å². The van der Waals surface area contributed by atoms with Gasteiger partial charge in [0, 0.05) is 11.9 Å². The maximum Gasteiger partial charge on any atom is 0.262 e. The molecule has 0 spiro atoms. The molecule has 1 aliphatic rings. The molecule has 1 aliphatic heterocycles. The highest BCUT2D eigenvalue weighted by Gasteiger charge is 2.35. The summed E-state index contributed by atoms with van der Waals surface area (Å²) in [6.45, 7) is 2.06. The summed E-state index contributed by atoms with van der Waals surface area (Å²) < 4.78 is 0. The Hall–Kier alpha value is -2.07. The summed E-state index contributed by atoms with van der Waals surface area (Å²) in [4.78, 5) is 13.4. The second-order valence-corrected chi connectivity index (χ2v) is 6.20. The van der Waals surface area contributed by atoms with Gasteiger partial charge in [0.25, 0.3) is 5.91 Å². The molecule has 0 saturated heterocycles. The van der Waals surface area contributed by atoms with Gasteiger partial charge < -0.3 is 0 Å². The monoisotopic (exact) mass is 296 g/mol. The Morgan fingerprint density at radius 2 is 1.71 bits per heavy atom. The SMILES string of the molecule is Cc1ccc(SC2C(=O)N(C)N=C2c2ccccc2)cc1. The Kier molecular flexibility index (Phi) is 3.80. The number of hydrogen-bond acceptors (Lipinski definition) is 3. The molecule has 1 atom stereocenters. The number of hydrazone groups is 1. The van der Waals surface area contributed by atoms with E-state index < -0.39 is 0 Å².